The van der Waals surface area contributed by atoms with Crippen LogP contribution in [0.3, 0.4) is 0 Å². The molecular weight excluding hydrogens is 364 g/mol. The van der Waals surface area contributed by atoms with Gasteiger partial charge in [-0.05, 0) is 38.5 Å². The first kappa shape index (κ1) is 19.4. The smallest absolute Gasteiger partial charge is 0.227 e. The maximum atomic E-state index is 9.53. The zero-order valence-corrected chi connectivity index (χ0v) is 16.8. The summed E-state index contributed by atoms with van der Waals surface area (Å²) in [5.74, 6) is 1.15. The number of hydrogen-bond acceptors (Lipinski definition) is 6. The largest absolute Gasteiger partial charge is 0.394 e. The summed E-state index contributed by atoms with van der Waals surface area (Å²) >= 11 is 6.16. The van der Waals surface area contributed by atoms with Crippen LogP contribution in [0.4, 0.5) is 17.5 Å². The third-order valence-corrected chi connectivity index (χ3v) is 4.75. The number of nitrogens with one attached hydrogen (secondary N) is 1. The van der Waals surface area contributed by atoms with Crippen LogP contribution in [0.5, 0.6) is 0 Å². The van der Waals surface area contributed by atoms with Gasteiger partial charge >= 0.3 is 0 Å². The highest BCUT2D eigenvalue weighted by Crippen LogP contribution is 2.31. The van der Waals surface area contributed by atoms with Crippen molar-refractivity contribution in [1.29, 1.82) is 0 Å². The van der Waals surface area contributed by atoms with Crippen LogP contribution in [0.2, 0.25) is 5.02 Å². The van der Waals surface area contributed by atoms with E-state index in [0.717, 1.165) is 17.8 Å². The Morgan fingerprint density at radius 2 is 2.07 bits per heavy atom. The lowest BCUT2D eigenvalue weighted by molar-refractivity contribution is 0.271. The summed E-state index contributed by atoms with van der Waals surface area (Å²) in [7, 11) is 1.93. The molecule has 3 aromatic rings. The van der Waals surface area contributed by atoms with Gasteiger partial charge in [-0.1, -0.05) is 24.6 Å². The van der Waals surface area contributed by atoms with Gasteiger partial charge in [0.05, 0.1) is 19.0 Å². The van der Waals surface area contributed by atoms with E-state index < -0.39 is 0 Å². The molecule has 0 spiro atoms. The summed E-state index contributed by atoms with van der Waals surface area (Å²) in [6.07, 6.45) is 2.55. The monoisotopic (exact) mass is 388 g/mol. The lowest BCUT2D eigenvalue weighted by Crippen LogP contribution is -2.24. The number of aliphatic hydroxyl groups excluding tert-OH is 1. The summed E-state index contributed by atoms with van der Waals surface area (Å²) < 4.78 is 2.01. The standard InChI is InChI=1S/C19H25ClN6O/c1-5-14(10-27)22-19-23-17(25(4)15-8-6-7-13(20)9-15)16-18(24-19)26(11-21-16)12(2)3/h6-9,11-12,14,27H,5,10H2,1-4H3,(H,22,23,24)/t14-/m1/s1. The molecule has 3 rings (SSSR count). The summed E-state index contributed by atoms with van der Waals surface area (Å²) in [4.78, 5) is 15.8. The maximum Gasteiger partial charge on any atom is 0.227 e. The van der Waals surface area contributed by atoms with E-state index >= 15 is 0 Å². The Labute approximate surface area is 164 Å². The number of nitrogens with zero attached hydrogens (tertiary/aromatic N) is 5. The lowest BCUT2D eigenvalue weighted by atomic mass is 10.2. The summed E-state index contributed by atoms with van der Waals surface area (Å²) in [5.41, 5.74) is 2.37. The van der Waals surface area contributed by atoms with Gasteiger partial charge in [-0.25, -0.2) is 4.98 Å². The predicted molar refractivity (Wildman–Crippen MR) is 110 cm³/mol. The van der Waals surface area contributed by atoms with Gasteiger partial charge in [0, 0.05) is 23.8 Å². The maximum absolute atomic E-state index is 9.53. The number of imidazole rings is 1. The third kappa shape index (κ3) is 3.99. The molecule has 0 radical (unpaired) electrons. The van der Waals surface area contributed by atoms with Crippen LogP contribution in [0.15, 0.2) is 30.6 Å². The molecule has 2 heterocycles. The molecule has 7 nitrogen and oxygen atoms in total. The fraction of sp³-hybridized carbons (Fsp3) is 0.421. The Hall–Kier alpha value is -2.38. The molecule has 0 unspecified atom stereocenters. The van der Waals surface area contributed by atoms with Crippen molar-refractivity contribution in [1.82, 2.24) is 19.5 Å². The topological polar surface area (TPSA) is 79.1 Å². The van der Waals surface area contributed by atoms with Crippen molar-refractivity contribution in [3.05, 3.63) is 35.6 Å². The van der Waals surface area contributed by atoms with Crippen LogP contribution in [-0.4, -0.2) is 44.3 Å². The van der Waals surface area contributed by atoms with Crippen LogP contribution in [0.25, 0.3) is 11.2 Å². The van der Waals surface area contributed by atoms with E-state index in [1.807, 2.05) is 47.7 Å². The van der Waals surface area contributed by atoms with E-state index in [-0.39, 0.29) is 18.7 Å². The zero-order chi connectivity index (χ0) is 19.6. The van der Waals surface area contributed by atoms with Gasteiger partial charge in [-0.2, -0.15) is 9.97 Å². The Morgan fingerprint density at radius 1 is 1.30 bits per heavy atom. The average Bonchev–Trinajstić information content (AvgIpc) is 3.09. The molecule has 27 heavy (non-hydrogen) atoms. The van der Waals surface area contributed by atoms with E-state index in [0.29, 0.717) is 22.3 Å². The third-order valence-electron chi connectivity index (χ3n) is 4.52. The molecule has 1 aromatic carbocycles. The van der Waals surface area contributed by atoms with Crippen molar-refractivity contribution in [3.8, 4) is 0 Å². The molecule has 0 aliphatic rings. The van der Waals surface area contributed by atoms with Crippen molar-refractivity contribution in [2.45, 2.75) is 39.3 Å². The fourth-order valence-electron chi connectivity index (χ4n) is 2.84. The quantitative estimate of drug-likeness (QED) is 0.636. The van der Waals surface area contributed by atoms with E-state index in [9.17, 15) is 5.11 Å². The van der Waals surface area contributed by atoms with Gasteiger partial charge < -0.3 is 19.9 Å². The van der Waals surface area contributed by atoms with Gasteiger partial charge in [0.1, 0.15) is 0 Å². The van der Waals surface area contributed by atoms with Gasteiger partial charge in [0.25, 0.3) is 0 Å². The highest BCUT2D eigenvalue weighted by Gasteiger charge is 2.19. The second-order valence-electron chi connectivity index (χ2n) is 6.76. The Bertz CT molecular complexity index is 922. The molecule has 0 aliphatic carbocycles. The normalized spacial score (nSPS) is 12.6. The minimum atomic E-state index is -0.109. The number of rotatable bonds is 7. The van der Waals surface area contributed by atoms with Crippen molar-refractivity contribution < 1.29 is 5.11 Å². The minimum Gasteiger partial charge on any atom is -0.394 e. The van der Waals surface area contributed by atoms with E-state index in [1.165, 1.54) is 0 Å². The van der Waals surface area contributed by atoms with Gasteiger partial charge in [0.2, 0.25) is 5.95 Å². The lowest BCUT2D eigenvalue weighted by Gasteiger charge is -2.21. The predicted octanol–water partition coefficient (Wildman–Crippen LogP) is 4.01. The first-order valence-electron chi connectivity index (χ1n) is 9.05. The van der Waals surface area contributed by atoms with Crippen molar-refractivity contribution >= 4 is 40.2 Å². The summed E-state index contributed by atoms with van der Waals surface area (Å²) in [6, 6.07) is 7.68. The van der Waals surface area contributed by atoms with Gasteiger partial charge in [-0.3, -0.25) is 0 Å². The highest BCUT2D eigenvalue weighted by atomic mass is 35.5. The number of hydrogen-bond donors (Lipinski definition) is 2. The molecule has 0 fully saturated rings. The Balaban J connectivity index is 2.14. The number of anilines is 3. The molecule has 0 aliphatic heterocycles. The second kappa shape index (κ2) is 8.10. The molecule has 144 valence electrons. The SMILES string of the molecule is CC[C@H](CO)Nc1nc(N(C)c2cccc(Cl)c2)c2ncn(C(C)C)c2n1. The van der Waals surface area contributed by atoms with Crippen LogP contribution in [0, 0.1) is 0 Å². The first-order chi connectivity index (χ1) is 12.9. The van der Waals surface area contributed by atoms with Crippen LogP contribution in [-0.2, 0) is 0 Å². The van der Waals surface area contributed by atoms with Crippen LogP contribution >= 0.6 is 11.6 Å². The molecule has 0 saturated carbocycles. The van der Waals surface area contributed by atoms with E-state index in [4.69, 9.17) is 11.6 Å². The second-order valence-corrected chi connectivity index (χ2v) is 7.20. The molecule has 2 aromatic heterocycles. The minimum absolute atomic E-state index is 0.0147. The van der Waals surface area contributed by atoms with Crippen LogP contribution in [0.1, 0.15) is 33.2 Å². The number of halogens is 1. The molecule has 0 saturated heterocycles. The number of benzene rings is 1. The number of aromatic nitrogens is 4. The fourth-order valence-corrected chi connectivity index (χ4v) is 3.03. The molecule has 1 atom stereocenters. The molecular formula is C19H25ClN6O. The molecule has 2 N–H and O–H groups in total. The highest BCUT2D eigenvalue weighted by molar-refractivity contribution is 6.30. The number of aliphatic hydroxyl groups is 1. The van der Waals surface area contributed by atoms with Crippen molar-refractivity contribution in [2.75, 3.05) is 23.9 Å². The first-order valence-corrected chi connectivity index (χ1v) is 9.43. The van der Waals surface area contributed by atoms with Crippen LogP contribution < -0.4 is 10.2 Å². The van der Waals surface area contributed by atoms with E-state index in [2.05, 4.69) is 34.1 Å². The molecule has 0 bridgehead atoms. The van der Waals surface area contributed by atoms with E-state index in [1.54, 1.807) is 6.33 Å². The molecule has 0 amide bonds. The van der Waals surface area contributed by atoms with Crippen molar-refractivity contribution in [2.24, 2.45) is 0 Å². The van der Waals surface area contributed by atoms with Gasteiger partial charge in [-0.15, -0.1) is 0 Å². The summed E-state index contributed by atoms with van der Waals surface area (Å²) in [5, 5.41) is 13.4. The Morgan fingerprint density at radius 3 is 2.70 bits per heavy atom. The van der Waals surface area contributed by atoms with Gasteiger partial charge in [0.15, 0.2) is 17.0 Å². The summed E-state index contributed by atoms with van der Waals surface area (Å²) in [6.45, 7) is 6.18. The Kier molecular flexibility index (Phi) is 5.82. The molecule has 8 heteroatoms. The average molecular weight is 389 g/mol. The zero-order valence-electron chi connectivity index (χ0n) is 16.0. The van der Waals surface area contributed by atoms with Crippen molar-refractivity contribution in [3.63, 3.8) is 0 Å². The number of fused-ring (bicyclic) bond motifs is 1.